The fourth-order valence-corrected chi connectivity index (χ4v) is 4.98. The molecule has 2 aliphatic rings. The van der Waals surface area contributed by atoms with Crippen molar-refractivity contribution in [3.8, 4) is 0 Å². The van der Waals surface area contributed by atoms with Crippen LogP contribution in [-0.4, -0.2) is 0 Å². The Morgan fingerprint density at radius 1 is 1.50 bits per heavy atom. The minimum atomic E-state index is 0.604. The van der Waals surface area contributed by atoms with Crippen LogP contribution in [0.25, 0.3) is 0 Å². The molecule has 2 fully saturated rings. The molecule has 16 heavy (non-hydrogen) atoms. The van der Waals surface area contributed by atoms with Crippen molar-refractivity contribution in [2.75, 3.05) is 0 Å². The van der Waals surface area contributed by atoms with Gasteiger partial charge in [-0.1, -0.05) is 48.7 Å². The van der Waals surface area contributed by atoms with E-state index in [-0.39, 0.29) is 0 Å². The molecule has 0 radical (unpaired) electrons. The van der Waals surface area contributed by atoms with Crippen molar-refractivity contribution >= 4 is 15.9 Å². The van der Waals surface area contributed by atoms with E-state index < -0.39 is 0 Å². The zero-order valence-corrected chi connectivity index (χ0v) is 12.5. The van der Waals surface area contributed by atoms with Crippen molar-refractivity contribution in [1.29, 1.82) is 0 Å². The second-order valence-electron chi connectivity index (χ2n) is 6.17. The second-order valence-corrected chi connectivity index (χ2v) is 6.62. The molecular formula is C15H25Br. The molecule has 0 spiro atoms. The maximum absolute atomic E-state index is 3.58. The molecule has 0 aromatic rings. The summed E-state index contributed by atoms with van der Waals surface area (Å²) in [6.07, 6.45) is 8.43. The number of hydrogen-bond acceptors (Lipinski definition) is 0. The average molecular weight is 285 g/mol. The van der Waals surface area contributed by atoms with Gasteiger partial charge in [0, 0.05) is 0 Å². The lowest BCUT2D eigenvalue weighted by atomic mass is 9.61. The van der Waals surface area contributed by atoms with Gasteiger partial charge >= 0.3 is 0 Å². The second kappa shape index (κ2) is 4.84. The van der Waals surface area contributed by atoms with E-state index in [0.717, 1.165) is 17.8 Å². The molecule has 0 N–H and O–H groups in total. The lowest BCUT2D eigenvalue weighted by Gasteiger charge is -2.44. The van der Waals surface area contributed by atoms with Crippen molar-refractivity contribution in [2.24, 2.45) is 23.2 Å². The third-order valence-corrected chi connectivity index (χ3v) is 6.10. The highest BCUT2D eigenvalue weighted by atomic mass is 79.9. The van der Waals surface area contributed by atoms with E-state index in [1.807, 2.05) is 0 Å². The Labute approximate surface area is 109 Å². The van der Waals surface area contributed by atoms with E-state index in [1.165, 1.54) is 38.5 Å². The van der Waals surface area contributed by atoms with Gasteiger partial charge in [-0.3, -0.25) is 0 Å². The van der Waals surface area contributed by atoms with Crippen LogP contribution >= 0.6 is 15.9 Å². The average Bonchev–Trinajstić information content (AvgIpc) is 2.64. The van der Waals surface area contributed by atoms with Crippen LogP contribution in [-0.2, 0) is 0 Å². The van der Waals surface area contributed by atoms with Crippen LogP contribution in [0.5, 0.6) is 0 Å². The van der Waals surface area contributed by atoms with Crippen molar-refractivity contribution in [3.63, 3.8) is 0 Å². The van der Waals surface area contributed by atoms with Gasteiger partial charge in [-0.2, -0.15) is 0 Å². The number of fused-ring (bicyclic) bond motifs is 1. The highest BCUT2D eigenvalue weighted by Crippen LogP contribution is 2.59. The highest BCUT2D eigenvalue weighted by Gasteiger charge is 2.50. The van der Waals surface area contributed by atoms with Crippen LogP contribution < -0.4 is 0 Å². The fourth-order valence-electron chi connectivity index (χ4n) is 4.43. The van der Waals surface area contributed by atoms with Gasteiger partial charge in [-0.05, 0) is 60.3 Å². The van der Waals surface area contributed by atoms with E-state index in [4.69, 9.17) is 0 Å². The Kier molecular flexibility index (Phi) is 3.83. The number of halogens is 1. The Hall–Kier alpha value is 0.220. The Bertz CT molecular complexity index is 281. The zero-order chi connectivity index (χ0) is 11.8. The minimum absolute atomic E-state index is 0.604. The van der Waals surface area contributed by atoms with Gasteiger partial charge < -0.3 is 0 Å². The first kappa shape index (κ1) is 12.7. The summed E-state index contributed by atoms with van der Waals surface area (Å²) in [7, 11) is 0. The highest BCUT2D eigenvalue weighted by molar-refractivity contribution is 9.11. The Morgan fingerprint density at radius 3 is 2.88 bits per heavy atom. The summed E-state index contributed by atoms with van der Waals surface area (Å²) in [5.74, 6) is 2.74. The Morgan fingerprint density at radius 2 is 2.25 bits per heavy atom. The first-order valence-corrected chi connectivity index (χ1v) is 7.84. The maximum Gasteiger partial charge on any atom is -0.0138 e. The van der Waals surface area contributed by atoms with Crippen molar-refractivity contribution < 1.29 is 0 Å². The van der Waals surface area contributed by atoms with Crippen LogP contribution in [0.3, 0.4) is 0 Å². The molecule has 2 saturated carbocycles. The SMILES string of the molecule is CC[C@H](C)[C@H]1CC[C@H]2/C(=C/Br)CCC[C@]12C. The lowest BCUT2D eigenvalue weighted by Crippen LogP contribution is -2.35. The summed E-state index contributed by atoms with van der Waals surface area (Å²) < 4.78 is 0. The molecule has 2 aliphatic carbocycles. The molecule has 0 saturated heterocycles. The summed E-state index contributed by atoms with van der Waals surface area (Å²) in [6.45, 7) is 7.38. The predicted molar refractivity (Wildman–Crippen MR) is 74.6 cm³/mol. The van der Waals surface area contributed by atoms with E-state index in [0.29, 0.717) is 5.41 Å². The van der Waals surface area contributed by atoms with Gasteiger partial charge in [0.05, 0.1) is 0 Å². The third-order valence-electron chi connectivity index (χ3n) is 5.51. The van der Waals surface area contributed by atoms with Crippen LogP contribution in [0, 0.1) is 23.2 Å². The maximum atomic E-state index is 3.58. The van der Waals surface area contributed by atoms with E-state index in [1.54, 1.807) is 5.57 Å². The smallest absolute Gasteiger partial charge is 0.0138 e. The van der Waals surface area contributed by atoms with Gasteiger partial charge in [0.25, 0.3) is 0 Å². The molecule has 92 valence electrons. The number of hydrogen-bond donors (Lipinski definition) is 0. The van der Waals surface area contributed by atoms with Crippen LogP contribution in [0.4, 0.5) is 0 Å². The number of rotatable bonds is 2. The zero-order valence-electron chi connectivity index (χ0n) is 10.9. The summed E-state index contributed by atoms with van der Waals surface area (Å²) in [5.41, 5.74) is 2.30. The summed E-state index contributed by atoms with van der Waals surface area (Å²) in [5, 5.41) is 0. The summed E-state index contributed by atoms with van der Waals surface area (Å²) in [6, 6.07) is 0. The largest absolute Gasteiger partial charge is 0.0651 e. The molecule has 2 rings (SSSR count). The molecule has 0 bridgehead atoms. The molecule has 0 aliphatic heterocycles. The number of allylic oxidation sites excluding steroid dienone is 1. The molecule has 1 heteroatoms. The van der Waals surface area contributed by atoms with E-state index in [2.05, 4.69) is 41.7 Å². The molecule has 0 aromatic carbocycles. The van der Waals surface area contributed by atoms with Gasteiger partial charge in [0.2, 0.25) is 0 Å². The van der Waals surface area contributed by atoms with Gasteiger partial charge in [0.15, 0.2) is 0 Å². The normalized spacial score (nSPS) is 43.4. The molecule has 0 nitrogen and oxygen atoms in total. The van der Waals surface area contributed by atoms with Crippen molar-refractivity contribution in [1.82, 2.24) is 0 Å². The Balaban J connectivity index is 2.23. The van der Waals surface area contributed by atoms with Crippen LogP contribution in [0.15, 0.2) is 10.6 Å². The lowest BCUT2D eigenvalue weighted by molar-refractivity contribution is 0.0963. The standard InChI is InChI=1S/C15H25Br/c1-4-11(2)13-7-8-14-12(10-16)6-5-9-15(13,14)3/h10-11,13-14H,4-9H2,1-3H3/b12-10+/t11-,13+,14-,15+/m0/s1. The van der Waals surface area contributed by atoms with Gasteiger partial charge in [0.1, 0.15) is 0 Å². The predicted octanol–water partition coefficient (Wildman–Crippen LogP) is 5.53. The third kappa shape index (κ3) is 1.89. The quantitative estimate of drug-likeness (QED) is 0.626. The van der Waals surface area contributed by atoms with Crippen LogP contribution in [0.1, 0.15) is 59.3 Å². The summed E-state index contributed by atoms with van der Waals surface area (Å²) in [4.78, 5) is 2.23. The van der Waals surface area contributed by atoms with Gasteiger partial charge in [-0.15, -0.1) is 0 Å². The van der Waals surface area contributed by atoms with Crippen LogP contribution in [0.2, 0.25) is 0 Å². The molecule has 0 aromatic heterocycles. The van der Waals surface area contributed by atoms with Crippen molar-refractivity contribution in [3.05, 3.63) is 10.6 Å². The summed E-state index contributed by atoms with van der Waals surface area (Å²) >= 11 is 3.58. The monoisotopic (exact) mass is 284 g/mol. The molecule has 0 amide bonds. The first-order valence-electron chi connectivity index (χ1n) is 6.92. The van der Waals surface area contributed by atoms with E-state index in [9.17, 15) is 0 Å². The first-order chi connectivity index (χ1) is 7.63. The van der Waals surface area contributed by atoms with Gasteiger partial charge in [-0.25, -0.2) is 0 Å². The topological polar surface area (TPSA) is 0 Å². The fraction of sp³-hybridized carbons (Fsp3) is 0.867. The molecule has 4 atom stereocenters. The van der Waals surface area contributed by atoms with E-state index >= 15 is 0 Å². The molecule has 0 unspecified atom stereocenters. The molecule has 0 heterocycles. The minimum Gasteiger partial charge on any atom is -0.0651 e. The van der Waals surface area contributed by atoms with Crippen molar-refractivity contribution in [2.45, 2.75) is 59.3 Å². The molecular weight excluding hydrogens is 260 g/mol.